The molecule has 4 N–H and O–H groups in total. The summed E-state index contributed by atoms with van der Waals surface area (Å²) in [6.07, 6.45) is 0. The third-order valence-corrected chi connectivity index (χ3v) is 8.74. The predicted molar refractivity (Wildman–Crippen MR) is 125 cm³/mol. The number of hydrogen-bond acceptors (Lipinski definition) is 13. The highest BCUT2D eigenvalue weighted by Gasteiger charge is 2.54. The number of carboxylic acid groups (broad SMARTS) is 1. The second kappa shape index (κ2) is 9.68. The minimum absolute atomic E-state index is 0.0232. The van der Waals surface area contributed by atoms with Gasteiger partial charge < -0.3 is 21.0 Å². The Kier molecular flexibility index (Phi) is 6.92. The van der Waals surface area contributed by atoms with Crippen LogP contribution in [0, 0.1) is 0 Å². The Bertz CT molecular complexity index is 1060. The first kappa shape index (κ1) is 22.9. The number of amides is 2. The van der Waals surface area contributed by atoms with Gasteiger partial charge in [-0.1, -0.05) is 28.7 Å². The molecule has 2 atom stereocenters. The standard InChI is InChI=1S/C16H17N7O5S4/c1-28-21-7(10-20-15(17)32-22-10)11(24)19-8-12(25)23-9(14(26)27)6(4-30-13(8)23)5-31-16-18-2-3-29-16/h8,13H,2-5H2,1H3,(H,19,24)(H,26,27)(H2,17,20,22)/t8?,13-/m0/s1. The number of fused-ring (bicyclic) bond motifs is 1. The van der Waals surface area contributed by atoms with E-state index in [1.807, 2.05) is 0 Å². The van der Waals surface area contributed by atoms with E-state index in [4.69, 9.17) is 10.6 Å². The number of β-lactam (4-membered cyclic amide) rings is 1. The number of nitrogen functional groups attached to an aromatic ring is 1. The molecule has 1 unspecified atom stereocenters. The zero-order valence-corrected chi connectivity index (χ0v) is 19.8. The molecule has 32 heavy (non-hydrogen) atoms. The minimum Gasteiger partial charge on any atom is -0.477 e. The number of nitrogens with zero attached hydrogens (tertiary/aromatic N) is 5. The quantitative estimate of drug-likeness (QED) is 0.254. The van der Waals surface area contributed by atoms with Crippen molar-refractivity contribution in [3.63, 3.8) is 0 Å². The van der Waals surface area contributed by atoms with Crippen molar-refractivity contribution in [2.24, 2.45) is 10.1 Å². The Labute approximate surface area is 198 Å². The van der Waals surface area contributed by atoms with Crippen LogP contribution in [-0.4, -0.2) is 89.6 Å². The maximum atomic E-state index is 12.8. The number of oxime groups is 1. The summed E-state index contributed by atoms with van der Waals surface area (Å²) in [4.78, 5) is 51.7. The van der Waals surface area contributed by atoms with Crippen LogP contribution in [0.3, 0.4) is 0 Å². The normalized spacial score (nSPS) is 22.9. The van der Waals surface area contributed by atoms with E-state index in [2.05, 4.69) is 24.8 Å². The molecule has 170 valence electrons. The number of thioether (sulfide) groups is 3. The van der Waals surface area contributed by atoms with E-state index in [0.717, 1.165) is 28.2 Å². The van der Waals surface area contributed by atoms with E-state index in [1.165, 1.54) is 35.5 Å². The van der Waals surface area contributed by atoms with Crippen LogP contribution >= 0.6 is 46.8 Å². The zero-order valence-electron chi connectivity index (χ0n) is 16.5. The van der Waals surface area contributed by atoms with E-state index in [9.17, 15) is 19.5 Å². The van der Waals surface area contributed by atoms with Crippen molar-refractivity contribution in [2.45, 2.75) is 11.4 Å². The average Bonchev–Trinajstić information content (AvgIpc) is 3.45. The lowest BCUT2D eigenvalue weighted by molar-refractivity contribution is -0.150. The van der Waals surface area contributed by atoms with Crippen molar-refractivity contribution in [1.82, 2.24) is 19.6 Å². The number of carboxylic acids is 1. The van der Waals surface area contributed by atoms with E-state index < -0.39 is 29.2 Å². The van der Waals surface area contributed by atoms with Crippen molar-refractivity contribution in [3.05, 3.63) is 17.1 Å². The molecule has 1 fully saturated rings. The van der Waals surface area contributed by atoms with E-state index >= 15 is 0 Å². The zero-order chi connectivity index (χ0) is 22.8. The second-order valence-electron chi connectivity index (χ2n) is 6.48. The molecule has 0 aromatic carbocycles. The van der Waals surface area contributed by atoms with Gasteiger partial charge in [-0.25, -0.2) is 4.79 Å². The van der Waals surface area contributed by atoms with Crippen LogP contribution in [0.5, 0.6) is 0 Å². The fourth-order valence-electron chi connectivity index (χ4n) is 3.16. The maximum absolute atomic E-state index is 12.8. The molecular weight excluding hydrogens is 498 g/mol. The molecule has 12 nitrogen and oxygen atoms in total. The number of nitrogens with two attached hydrogens (primary N) is 1. The summed E-state index contributed by atoms with van der Waals surface area (Å²) in [6, 6.07) is -0.913. The predicted octanol–water partition coefficient (Wildman–Crippen LogP) is 0.0454. The molecule has 0 spiro atoms. The molecule has 0 bridgehead atoms. The topological polar surface area (TPSA) is 172 Å². The number of hydrogen-bond donors (Lipinski definition) is 3. The van der Waals surface area contributed by atoms with Gasteiger partial charge in [0, 0.05) is 28.8 Å². The number of carbonyl (C=O) groups is 3. The Hall–Kier alpha value is -2.30. The molecule has 1 aromatic heterocycles. The summed E-state index contributed by atoms with van der Waals surface area (Å²) >= 11 is 5.40. The third-order valence-electron chi connectivity index (χ3n) is 4.52. The first-order chi connectivity index (χ1) is 15.4. The number of rotatable bonds is 7. The molecule has 4 heterocycles. The molecular formula is C16H17N7O5S4. The van der Waals surface area contributed by atoms with Crippen molar-refractivity contribution >= 4 is 79.8 Å². The van der Waals surface area contributed by atoms with Crippen molar-refractivity contribution < 1.29 is 24.3 Å². The summed E-state index contributed by atoms with van der Waals surface area (Å²) in [7, 11) is 1.26. The lowest BCUT2D eigenvalue weighted by Crippen LogP contribution is -2.71. The third kappa shape index (κ3) is 4.44. The number of anilines is 1. The highest BCUT2D eigenvalue weighted by Crippen LogP contribution is 2.41. The van der Waals surface area contributed by atoms with Gasteiger partial charge in [0.05, 0.1) is 6.54 Å². The van der Waals surface area contributed by atoms with Gasteiger partial charge in [0.2, 0.25) is 11.5 Å². The molecule has 3 aliphatic rings. The van der Waals surface area contributed by atoms with Crippen LogP contribution in [0.4, 0.5) is 5.13 Å². The molecule has 1 aromatic rings. The number of nitrogens with one attached hydrogen (secondary N) is 1. The number of aliphatic imine (C=N–C) groups is 1. The molecule has 16 heteroatoms. The summed E-state index contributed by atoms with van der Waals surface area (Å²) < 4.78 is 4.87. The Morgan fingerprint density at radius 3 is 2.91 bits per heavy atom. The second-order valence-corrected chi connectivity index (χ2v) is 10.7. The van der Waals surface area contributed by atoms with Crippen LogP contribution in [0.15, 0.2) is 21.4 Å². The smallest absolute Gasteiger partial charge is 0.352 e. The summed E-state index contributed by atoms with van der Waals surface area (Å²) in [5.74, 6) is -0.634. The Morgan fingerprint density at radius 2 is 2.28 bits per heavy atom. The first-order valence-corrected chi connectivity index (χ1v) is 12.9. The fraction of sp³-hybridized carbons (Fsp3) is 0.438. The van der Waals surface area contributed by atoms with Crippen molar-refractivity contribution in [3.8, 4) is 0 Å². The van der Waals surface area contributed by atoms with Crippen LogP contribution in [0.1, 0.15) is 5.82 Å². The minimum atomic E-state index is -1.17. The van der Waals surface area contributed by atoms with E-state index in [0.29, 0.717) is 17.1 Å². The monoisotopic (exact) mass is 515 g/mol. The summed E-state index contributed by atoms with van der Waals surface area (Å²) in [5, 5.41) is 15.6. The number of aliphatic carboxylic acids is 1. The van der Waals surface area contributed by atoms with E-state index in [-0.39, 0.29) is 22.4 Å². The molecule has 0 aliphatic carbocycles. The van der Waals surface area contributed by atoms with Gasteiger partial charge in [-0.2, -0.15) is 9.36 Å². The highest BCUT2D eigenvalue weighted by molar-refractivity contribution is 8.39. The SMILES string of the molecule is CON=C(C(=O)NC1C(=O)N2C(C(=O)O)=C(CSC3=NCCS3)CS[C@@H]12)c1nsc(N)n1. The van der Waals surface area contributed by atoms with Gasteiger partial charge >= 0.3 is 5.97 Å². The van der Waals surface area contributed by atoms with Gasteiger partial charge in [-0.15, -0.1) is 11.8 Å². The largest absolute Gasteiger partial charge is 0.477 e. The lowest BCUT2D eigenvalue weighted by Gasteiger charge is -2.49. The number of carbonyl (C=O) groups excluding carboxylic acids is 2. The Morgan fingerprint density at radius 1 is 1.47 bits per heavy atom. The number of aromatic nitrogens is 2. The van der Waals surface area contributed by atoms with Gasteiger partial charge in [-0.05, 0) is 5.57 Å². The van der Waals surface area contributed by atoms with Gasteiger partial charge in [0.25, 0.3) is 11.8 Å². The van der Waals surface area contributed by atoms with Crippen molar-refractivity contribution in [2.75, 3.05) is 36.6 Å². The molecule has 0 saturated carbocycles. The molecule has 3 aliphatic heterocycles. The van der Waals surface area contributed by atoms with Gasteiger partial charge in [0.15, 0.2) is 5.13 Å². The lowest BCUT2D eigenvalue weighted by atomic mass is 10.0. The maximum Gasteiger partial charge on any atom is 0.352 e. The molecule has 0 radical (unpaired) electrons. The van der Waals surface area contributed by atoms with E-state index in [1.54, 1.807) is 11.8 Å². The van der Waals surface area contributed by atoms with Crippen molar-refractivity contribution in [1.29, 1.82) is 0 Å². The van der Waals surface area contributed by atoms with Crippen LogP contribution in [0.25, 0.3) is 0 Å². The van der Waals surface area contributed by atoms with Crippen LogP contribution < -0.4 is 11.1 Å². The summed E-state index contributed by atoms with van der Waals surface area (Å²) in [6.45, 7) is 0.762. The van der Waals surface area contributed by atoms with Gasteiger partial charge in [-0.3, -0.25) is 19.5 Å². The summed E-state index contributed by atoms with van der Waals surface area (Å²) in [5.41, 5.74) is 5.96. The highest BCUT2D eigenvalue weighted by atomic mass is 32.2. The van der Waals surface area contributed by atoms with Crippen LogP contribution in [0.2, 0.25) is 0 Å². The van der Waals surface area contributed by atoms with Crippen LogP contribution in [-0.2, 0) is 19.2 Å². The molecule has 1 saturated heterocycles. The average molecular weight is 516 g/mol. The van der Waals surface area contributed by atoms with Gasteiger partial charge in [0.1, 0.15) is 28.6 Å². The fourth-order valence-corrected chi connectivity index (χ4v) is 7.09. The molecule has 2 amide bonds. The Balaban J connectivity index is 1.48. The first-order valence-electron chi connectivity index (χ1n) is 9.12. The molecule has 4 rings (SSSR count).